The highest BCUT2D eigenvalue weighted by molar-refractivity contribution is 6.04. The van der Waals surface area contributed by atoms with E-state index in [0.717, 1.165) is 42.8 Å². The van der Waals surface area contributed by atoms with E-state index >= 15 is 0 Å². The van der Waals surface area contributed by atoms with Crippen LogP contribution in [0.1, 0.15) is 37.7 Å². The molecule has 0 unspecified atom stereocenters. The quantitative estimate of drug-likeness (QED) is 0.564. The smallest absolute Gasteiger partial charge is 0.119 e. The van der Waals surface area contributed by atoms with Gasteiger partial charge in [-0.1, -0.05) is 17.3 Å². The molecule has 4 nitrogen and oxygen atoms in total. The van der Waals surface area contributed by atoms with Crippen LogP contribution in [0, 0.1) is 0 Å². The summed E-state index contributed by atoms with van der Waals surface area (Å²) >= 11 is 0. The summed E-state index contributed by atoms with van der Waals surface area (Å²) in [6.45, 7) is 1.70. The zero-order chi connectivity index (χ0) is 16.5. The Bertz CT molecular complexity index is 550. The topological polar surface area (TPSA) is 34.1 Å². The maximum absolute atomic E-state index is 5.53. The Morgan fingerprint density at radius 3 is 2.83 bits per heavy atom. The van der Waals surface area contributed by atoms with E-state index in [1.807, 2.05) is 12.1 Å². The number of hydrogen-bond donors (Lipinski definition) is 0. The van der Waals surface area contributed by atoms with Crippen molar-refractivity contribution in [1.82, 2.24) is 4.90 Å². The number of benzene rings is 1. The Morgan fingerprint density at radius 1 is 1.22 bits per heavy atom. The largest absolute Gasteiger partial charge is 0.497 e. The van der Waals surface area contributed by atoms with Crippen molar-refractivity contribution in [2.24, 2.45) is 5.16 Å². The summed E-state index contributed by atoms with van der Waals surface area (Å²) in [6.07, 6.45) is 7.69. The normalized spacial score (nSPS) is 18.6. The lowest BCUT2D eigenvalue weighted by molar-refractivity contribution is 0.134. The molecule has 1 fully saturated rings. The number of hydrogen-bond acceptors (Lipinski definition) is 4. The molecule has 4 heteroatoms. The van der Waals surface area contributed by atoms with E-state index in [1.165, 1.54) is 18.4 Å². The maximum atomic E-state index is 5.53. The molecule has 0 heterocycles. The van der Waals surface area contributed by atoms with E-state index in [9.17, 15) is 0 Å². The highest BCUT2D eigenvalue weighted by atomic mass is 16.6. The second-order valence-electron chi connectivity index (χ2n) is 6.18. The van der Waals surface area contributed by atoms with E-state index in [1.54, 1.807) is 7.11 Å². The maximum Gasteiger partial charge on any atom is 0.119 e. The van der Waals surface area contributed by atoms with Gasteiger partial charge in [-0.05, 0) is 75.5 Å². The first-order chi connectivity index (χ1) is 11.2. The van der Waals surface area contributed by atoms with Crippen LogP contribution >= 0.6 is 0 Å². The van der Waals surface area contributed by atoms with Crippen LogP contribution in [0.25, 0.3) is 6.08 Å². The Morgan fingerprint density at radius 2 is 2.04 bits per heavy atom. The van der Waals surface area contributed by atoms with E-state index in [-0.39, 0.29) is 0 Å². The van der Waals surface area contributed by atoms with Crippen molar-refractivity contribution in [2.75, 3.05) is 34.4 Å². The summed E-state index contributed by atoms with van der Waals surface area (Å²) in [5.74, 6) is 0.883. The van der Waals surface area contributed by atoms with Crippen molar-refractivity contribution >= 4 is 11.8 Å². The van der Waals surface area contributed by atoms with Gasteiger partial charge in [-0.3, -0.25) is 0 Å². The van der Waals surface area contributed by atoms with E-state index in [2.05, 4.69) is 42.4 Å². The molecule has 0 amide bonds. The standard InChI is InChI=1S/C19H28N2O2/c1-21(2)12-7-13-23-20-19-11-5-4-9-17(19)14-16-8-6-10-18(15-16)22-3/h6,8,10,14-15H,4-5,7,9,11-13H2,1-3H3. The first-order valence-electron chi connectivity index (χ1n) is 8.37. The van der Waals surface area contributed by atoms with Gasteiger partial charge in [-0.15, -0.1) is 0 Å². The first-order valence-corrected chi connectivity index (χ1v) is 8.37. The van der Waals surface area contributed by atoms with Gasteiger partial charge in [0.05, 0.1) is 12.8 Å². The molecule has 1 aromatic rings. The molecule has 1 aromatic carbocycles. The monoisotopic (exact) mass is 316 g/mol. The van der Waals surface area contributed by atoms with Crippen molar-refractivity contribution in [3.8, 4) is 5.75 Å². The van der Waals surface area contributed by atoms with E-state index in [4.69, 9.17) is 9.57 Å². The molecule has 1 aliphatic rings. The SMILES string of the molecule is COc1cccc(C=C2CCCCC2=NOCCCN(C)C)c1. The Kier molecular flexibility index (Phi) is 7.14. The number of rotatable bonds is 7. The van der Waals surface area contributed by atoms with Gasteiger partial charge in [0, 0.05) is 6.54 Å². The number of allylic oxidation sites excluding steroid dienone is 1. The van der Waals surface area contributed by atoms with Crippen molar-refractivity contribution in [2.45, 2.75) is 32.1 Å². The Labute approximate surface area is 139 Å². The van der Waals surface area contributed by atoms with Crippen LogP contribution in [-0.4, -0.2) is 45.0 Å². The molecule has 0 radical (unpaired) electrons. The fourth-order valence-electron chi connectivity index (χ4n) is 2.67. The van der Waals surface area contributed by atoms with Gasteiger partial charge in [0.1, 0.15) is 12.4 Å². The molecule has 0 saturated heterocycles. The van der Waals surface area contributed by atoms with Crippen LogP contribution in [-0.2, 0) is 4.84 Å². The lowest BCUT2D eigenvalue weighted by Crippen LogP contribution is -2.15. The van der Waals surface area contributed by atoms with Gasteiger partial charge in [-0.25, -0.2) is 0 Å². The molecule has 0 atom stereocenters. The molecule has 1 aliphatic carbocycles. The summed E-state index contributed by atoms with van der Waals surface area (Å²) in [7, 11) is 5.84. The molecular weight excluding hydrogens is 288 g/mol. The third-order valence-corrected chi connectivity index (χ3v) is 3.93. The fourth-order valence-corrected chi connectivity index (χ4v) is 2.67. The number of ether oxygens (including phenoxy) is 1. The van der Waals surface area contributed by atoms with Gasteiger partial charge in [0.25, 0.3) is 0 Å². The predicted octanol–water partition coefficient (Wildman–Crippen LogP) is 3.98. The zero-order valence-electron chi connectivity index (χ0n) is 14.5. The Balaban J connectivity index is 2.00. The number of methoxy groups -OCH3 is 1. The summed E-state index contributed by atoms with van der Waals surface area (Å²) in [5.41, 5.74) is 3.54. The lowest BCUT2D eigenvalue weighted by Gasteiger charge is -2.17. The van der Waals surface area contributed by atoms with Gasteiger partial charge in [-0.2, -0.15) is 0 Å². The van der Waals surface area contributed by atoms with Crippen molar-refractivity contribution in [1.29, 1.82) is 0 Å². The molecule has 0 aliphatic heterocycles. The van der Waals surface area contributed by atoms with Gasteiger partial charge < -0.3 is 14.5 Å². The van der Waals surface area contributed by atoms with Crippen LogP contribution in [0.4, 0.5) is 0 Å². The summed E-state index contributed by atoms with van der Waals surface area (Å²) in [4.78, 5) is 7.69. The summed E-state index contributed by atoms with van der Waals surface area (Å²) in [6, 6.07) is 8.13. The van der Waals surface area contributed by atoms with Crippen LogP contribution in [0.2, 0.25) is 0 Å². The fraction of sp³-hybridized carbons (Fsp3) is 0.526. The van der Waals surface area contributed by atoms with Crippen LogP contribution in [0.15, 0.2) is 35.0 Å². The van der Waals surface area contributed by atoms with Gasteiger partial charge >= 0.3 is 0 Å². The third-order valence-electron chi connectivity index (χ3n) is 3.93. The van der Waals surface area contributed by atoms with Crippen LogP contribution in [0.5, 0.6) is 5.75 Å². The van der Waals surface area contributed by atoms with Crippen LogP contribution in [0.3, 0.4) is 0 Å². The highest BCUT2D eigenvalue weighted by Crippen LogP contribution is 2.24. The van der Waals surface area contributed by atoms with Gasteiger partial charge in [0.2, 0.25) is 0 Å². The molecule has 0 N–H and O–H groups in total. The first kappa shape index (κ1) is 17.5. The Hall–Kier alpha value is -1.81. The average Bonchev–Trinajstić information content (AvgIpc) is 2.56. The third kappa shape index (κ3) is 6.06. The molecule has 0 bridgehead atoms. The predicted molar refractivity (Wildman–Crippen MR) is 96.0 cm³/mol. The minimum atomic E-state index is 0.675. The molecule has 126 valence electrons. The lowest BCUT2D eigenvalue weighted by atomic mass is 9.91. The van der Waals surface area contributed by atoms with E-state index in [0.29, 0.717) is 6.61 Å². The van der Waals surface area contributed by atoms with Crippen molar-refractivity contribution in [3.63, 3.8) is 0 Å². The average molecular weight is 316 g/mol. The second kappa shape index (κ2) is 9.36. The molecule has 23 heavy (non-hydrogen) atoms. The number of nitrogens with zero attached hydrogens (tertiary/aromatic N) is 2. The van der Waals surface area contributed by atoms with E-state index < -0.39 is 0 Å². The molecule has 0 spiro atoms. The van der Waals surface area contributed by atoms with Gasteiger partial charge in [0.15, 0.2) is 0 Å². The molecule has 1 saturated carbocycles. The second-order valence-corrected chi connectivity index (χ2v) is 6.18. The minimum absolute atomic E-state index is 0.675. The minimum Gasteiger partial charge on any atom is -0.497 e. The molecule has 0 aromatic heterocycles. The summed E-state index contributed by atoms with van der Waals surface area (Å²) < 4.78 is 5.29. The van der Waals surface area contributed by atoms with Crippen molar-refractivity contribution in [3.05, 3.63) is 35.4 Å². The highest BCUT2D eigenvalue weighted by Gasteiger charge is 2.14. The van der Waals surface area contributed by atoms with Crippen LogP contribution < -0.4 is 4.74 Å². The summed E-state index contributed by atoms with van der Waals surface area (Å²) in [5, 5.41) is 4.40. The molecular formula is C19H28N2O2. The molecule has 2 rings (SSSR count). The zero-order valence-corrected chi connectivity index (χ0v) is 14.5. The number of oxime groups is 1. The van der Waals surface area contributed by atoms with Crippen molar-refractivity contribution < 1.29 is 9.57 Å².